The zero-order valence-corrected chi connectivity index (χ0v) is 15.0. The molecule has 0 unspecified atom stereocenters. The summed E-state index contributed by atoms with van der Waals surface area (Å²) in [5.74, 6) is -0.645. The van der Waals surface area contributed by atoms with E-state index in [2.05, 4.69) is 20.4 Å². The van der Waals surface area contributed by atoms with E-state index >= 15 is 0 Å². The van der Waals surface area contributed by atoms with E-state index in [0.717, 1.165) is 23.0 Å². The first-order chi connectivity index (χ1) is 14.5. The van der Waals surface area contributed by atoms with Gasteiger partial charge in [-0.25, -0.2) is 13.8 Å². The largest absolute Gasteiger partial charge is 0.435 e. The number of benzene rings is 1. The minimum Gasteiger partial charge on any atom is -0.262 e. The van der Waals surface area contributed by atoms with Crippen LogP contribution in [0.1, 0.15) is 11.4 Å². The SMILES string of the molecule is Fc1cnccc1-n1cc(-c2ccc(-n3nc(C(F)(F)F)cc3C(F)(F)F)cc2)nn1. The molecule has 0 saturated carbocycles. The first-order valence-corrected chi connectivity index (χ1v) is 8.41. The summed E-state index contributed by atoms with van der Waals surface area (Å²) < 4.78 is 93.3. The van der Waals surface area contributed by atoms with Gasteiger partial charge in [-0.2, -0.15) is 31.4 Å². The van der Waals surface area contributed by atoms with E-state index in [4.69, 9.17) is 0 Å². The Morgan fingerprint density at radius 2 is 1.58 bits per heavy atom. The number of hydrogen-bond donors (Lipinski definition) is 0. The Bertz CT molecular complexity index is 1220. The van der Waals surface area contributed by atoms with Crippen molar-refractivity contribution in [2.24, 2.45) is 0 Å². The molecule has 0 N–H and O–H groups in total. The van der Waals surface area contributed by atoms with Gasteiger partial charge >= 0.3 is 12.4 Å². The van der Waals surface area contributed by atoms with Gasteiger partial charge < -0.3 is 0 Å². The van der Waals surface area contributed by atoms with Crippen molar-refractivity contribution in [3.8, 4) is 22.6 Å². The lowest BCUT2D eigenvalue weighted by atomic mass is 10.1. The summed E-state index contributed by atoms with van der Waals surface area (Å²) in [5, 5.41) is 10.7. The van der Waals surface area contributed by atoms with Crippen LogP contribution in [-0.4, -0.2) is 29.8 Å². The fraction of sp³-hybridized carbons (Fsp3) is 0.111. The summed E-state index contributed by atoms with van der Waals surface area (Å²) in [4.78, 5) is 3.62. The van der Waals surface area contributed by atoms with E-state index in [-0.39, 0.29) is 27.8 Å². The molecule has 6 nitrogen and oxygen atoms in total. The third-order valence-corrected chi connectivity index (χ3v) is 4.19. The van der Waals surface area contributed by atoms with Crippen LogP contribution in [0, 0.1) is 5.82 Å². The van der Waals surface area contributed by atoms with Gasteiger partial charge in [-0.15, -0.1) is 5.10 Å². The minimum atomic E-state index is -5.05. The third-order valence-electron chi connectivity index (χ3n) is 4.19. The number of halogens is 7. The summed E-state index contributed by atoms with van der Waals surface area (Å²) in [7, 11) is 0. The van der Waals surface area contributed by atoms with Crippen LogP contribution in [0.5, 0.6) is 0 Å². The van der Waals surface area contributed by atoms with Crippen LogP contribution >= 0.6 is 0 Å². The van der Waals surface area contributed by atoms with Crippen LogP contribution in [0.3, 0.4) is 0 Å². The zero-order chi connectivity index (χ0) is 22.4. The van der Waals surface area contributed by atoms with E-state index in [0.29, 0.717) is 5.56 Å². The highest BCUT2D eigenvalue weighted by Gasteiger charge is 2.42. The van der Waals surface area contributed by atoms with Gasteiger partial charge in [0.2, 0.25) is 0 Å². The molecule has 1 aromatic carbocycles. The fourth-order valence-corrected chi connectivity index (χ4v) is 2.76. The van der Waals surface area contributed by atoms with Crippen LogP contribution in [-0.2, 0) is 12.4 Å². The van der Waals surface area contributed by atoms with E-state index in [1.807, 2.05) is 0 Å². The molecular weight excluding hydrogens is 433 g/mol. The third kappa shape index (κ3) is 3.98. The Morgan fingerprint density at radius 1 is 0.871 bits per heavy atom. The number of aromatic nitrogens is 6. The van der Waals surface area contributed by atoms with Crippen molar-refractivity contribution in [3.63, 3.8) is 0 Å². The molecule has 13 heteroatoms. The molecule has 0 fully saturated rings. The van der Waals surface area contributed by atoms with Crippen molar-refractivity contribution in [3.05, 3.63) is 72.2 Å². The summed E-state index contributed by atoms with van der Waals surface area (Å²) >= 11 is 0. The molecule has 0 spiro atoms. The van der Waals surface area contributed by atoms with Crippen molar-refractivity contribution in [1.29, 1.82) is 0 Å². The van der Waals surface area contributed by atoms with Crippen LogP contribution in [0.4, 0.5) is 30.7 Å². The first kappa shape index (κ1) is 20.5. The lowest BCUT2D eigenvalue weighted by molar-refractivity contribution is -0.143. The smallest absolute Gasteiger partial charge is 0.262 e. The number of hydrogen-bond acceptors (Lipinski definition) is 4. The molecule has 0 saturated heterocycles. The summed E-state index contributed by atoms with van der Waals surface area (Å²) in [6.07, 6.45) is -6.36. The standard InChI is InChI=1S/C18H9F7N6/c19-12-8-26-6-5-14(12)30-9-13(27-29-30)10-1-3-11(4-2-10)31-16(18(23,24)25)7-15(28-31)17(20,21)22/h1-9H. The van der Waals surface area contributed by atoms with Crippen molar-refractivity contribution >= 4 is 0 Å². The highest BCUT2D eigenvalue weighted by Crippen LogP contribution is 2.36. The molecule has 0 amide bonds. The Hall–Kier alpha value is -3.77. The van der Waals surface area contributed by atoms with E-state index in [9.17, 15) is 30.7 Å². The fourth-order valence-electron chi connectivity index (χ4n) is 2.76. The van der Waals surface area contributed by atoms with Gasteiger partial charge in [-0.1, -0.05) is 17.3 Å². The maximum atomic E-state index is 13.8. The van der Waals surface area contributed by atoms with E-state index in [1.54, 1.807) is 0 Å². The molecule has 0 radical (unpaired) electrons. The molecule has 0 aliphatic heterocycles. The van der Waals surface area contributed by atoms with Crippen LogP contribution in [0.15, 0.2) is 55.0 Å². The Labute approximate surface area is 168 Å². The quantitative estimate of drug-likeness (QED) is 0.432. The number of nitrogens with zero attached hydrogens (tertiary/aromatic N) is 6. The second kappa shape index (κ2) is 7.18. The molecule has 4 aromatic rings. The molecule has 0 bridgehead atoms. The van der Waals surface area contributed by atoms with Gasteiger partial charge in [0.25, 0.3) is 0 Å². The average Bonchev–Trinajstić information content (AvgIpc) is 3.36. The molecule has 31 heavy (non-hydrogen) atoms. The van der Waals surface area contributed by atoms with Gasteiger partial charge in [0.05, 0.1) is 18.1 Å². The van der Waals surface area contributed by atoms with Crippen LogP contribution < -0.4 is 0 Å². The van der Waals surface area contributed by atoms with Gasteiger partial charge in [-0.3, -0.25) is 4.98 Å². The number of rotatable bonds is 3. The molecule has 0 atom stereocenters. The molecule has 3 aromatic heterocycles. The Kier molecular flexibility index (Phi) is 4.75. The van der Waals surface area contributed by atoms with Gasteiger partial charge in [0.1, 0.15) is 17.1 Å². The predicted molar refractivity (Wildman–Crippen MR) is 91.7 cm³/mol. The number of pyridine rings is 1. The minimum absolute atomic E-state index is 0.0528. The van der Waals surface area contributed by atoms with Crippen LogP contribution in [0.2, 0.25) is 0 Å². The molecule has 160 valence electrons. The van der Waals surface area contributed by atoms with Crippen molar-refractivity contribution < 1.29 is 30.7 Å². The molecule has 0 aliphatic rings. The first-order valence-electron chi connectivity index (χ1n) is 8.41. The zero-order valence-electron chi connectivity index (χ0n) is 15.0. The predicted octanol–water partition coefficient (Wildman–Crippen LogP) is 4.69. The highest BCUT2D eigenvalue weighted by atomic mass is 19.4. The topological polar surface area (TPSA) is 61.4 Å². The summed E-state index contributed by atoms with van der Waals surface area (Å²) in [6, 6.07) is 6.30. The highest BCUT2D eigenvalue weighted by molar-refractivity contribution is 5.60. The van der Waals surface area contributed by atoms with Gasteiger partial charge in [0, 0.05) is 17.8 Å². The summed E-state index contributed by atoms with van der Waals surface area (Å²) in [5.41, 5.74) is -2.73. The van der Waals surface area contributed by atoms with Crippen LogP contribution in [0.25, 0.3) is 22.6 Å². The van der Waals surface area contributed by atoms with E-state index < -0.39 is 29.6 Å². The molecule has 0 aliphatic carbocycles. The van der Waals surface area contributed by atoms with Gasteiger partial charge in [-0.05, 0) is 18.2 Å². The summed E-state index contributed by atoms with van der Waals surface area (Å²) in [6.45, 7) is 0. The second-order valence-electron chi connectivity index (χ2n) is 6.24. The van der Waals surface area contributed by atoms with Crippen molar-refractivity contribution in [2.45, 2.75) is 12.4 Å². The lowest BCUT2D eigenvalue weighted by Crippen LogP contribution is -2.13. The maximum Gasteiger partial charge on any atom is 0.435 e. The van der Waals surface area contributed by atoms with Crippen molar-refractivity contribution in [2.75, 3.05) is 0 Å². The maximum absolute atomic E-state index is 13.8. The number of alkyl halides is 6. The molecular formula is C18H9F7N6. The average molecular weight is 442 g/mol. The molecule has 3 heterocycles. The normalized spacial score (nSPS) is 12.4. The molecule has 4 rings (SSSR count). The van der Waals surface area contributed by atoms with Crippen molar-refractivity contribution in [1.82, 2.24) is 29.8 Å². The Morgan fingerprint density at radius 3 is 2.19 bits per heavy atom. The van der Waals surface area contributed by atoms with Gasteiger partial charge in [0.15, 0.2) is 11.5 Å². The Balaban J connectivity index is 1.69. The second-order valence-corrected chi connectivity index (χ2v) is 6.24. The lowest BCUT2D eigenvalue weighted by Gasteiger charge is -2.10. The van der Waals surface area contributed by atoms with E-state index in [1.165, 1.54) is 30.6 Å². The monoisotopic (exact) mass is 442 g/mol.